The summed E-state index contributed by atoms with van der Waals surface area (Å²) in [6.45, 7) is 7.39. The van der Waals surface area contributed by atoms with Crippen molar-refractivity contribution in [3.05, 3.63) is 18.5 Å². The van der Waals surface area contributed by atoms with Crippen LogP contribution in [0.5, 0.6) is 0 Å². The first-order valence-corrected chi connectivity index (χ1v) is 10.6. The van der Waals surface area contributed by atoms with Crippen molar-refractivity contribution in [3.63, 3.8) is 0 Å². The summed E-state index contributed by atoms with van der Waals surface area (Å²) >= 11 is 0. The molecule has 6 saturated heterocycles. The molecule has 6 fully saturated rings. The molecular weight excluding hydrogens is 439 g/mol. The first-order valence-electron chi connectivity index (χ1n) is 10.6. The molecule has 178 valence electrons. The van der Waals surface area contributed by atoms with Crippen LogP contribution in [0.2, 0.25) is 0 Å². The third kappa shape index (κ3) is 8.12. The maximum Gasteiger partial charge on any atom is 0.369 e. The highest BCUT2D eigenvalue weighted by molar-refractivity contribution is 5.72. The molecule has 0 saturated carbocycles. The van der Waals surface area contributed by atoms with Gasteiger partial charge in [-0.2, -0.15) is 0 Å². The Morgan fingerprint density at radius 1 is 0.903 bits per heavy atom. The summed E-state index contributed by atoms with van der Waals surface area (Å²) in [4.78, 5) is 8.09. The van der Waals surface area contributed by atoms with E-state index in [2.05, 4.69) is 19.9 Å². The van der Waals surface area contributed by atoms with Crippen molar-refractivity contribution in [2.24, 2.45) is 34.8 Å². The molecule has 2 atom stereocenters. The minimum atomic E-state index is 0. The van der Waals surface area contributed by atoms with E-state index in [0.29, 0.717) is 18.0 Å². The van der Waals surface area contributed by atoms with Crippen LogP contribution in [-0.4, -0.2) is 82.9 Å². The van der Waals surface area contributed by atoms with Crippen LogP contribution in [0.15, 0.2) is 18.5 Å². The zero-order chi connectivity index (χ0) is 20.8. The molecule has 12 heteroatoms. The molecule has 4 bridgehead atoms. The lowest BCUT2D eigenvalue weighted by Gasteiger charge is -2.43. The largest absolute Gasteiger partial charge is 1.00 e. The first kappa shape index (κ1) is 27.4. The number of nitrogens with one attached hydrogen (secondary N) is 1. The van der Waals surface area contributed by atoms with E-state index >= 15 is 0 Å². The van der Waals surface area contributed by atoms with Gasteiger partial charge in [0.2, 0.25) is 0 Å². The fraction of sp³-hybridized carbons (Fsp3) is 0.737. The average molecular weight is 477 g/mol. The van der Waals surface area contributed by atoms with E-state index < -0.39 is 0 Å². The SMILES string of the molecule is NC(=[NH2+])n1cccn1.NC(N)=[NH+][C@H]1CN2CCC1CC2.N[C@H]1CN2CCC1CC2.[Cl-].[Cl-]. The van der Waals surface area contributed by atoms with E-state index in [-0.39, 0.29) is 30.8 Å². The van der Waals surface area contributed by atoms with Crippen molar-refractivity contribution in [3.8, 4) is 0 Å². The summed E-state index contributed by atoms with van der Waals surface area (Å²) in [7, 11) is 0. The maximum atomic E-state index is 5.88. The second-order valence-corrected chi connectivity index (χ2v) is 8.52. The molecule has 0 aliphatic carbocycles. The van der Waals surface area contributed by atoms with Crippen molar-refractivity contribution in [1.29, 1.82) is 0 Å². The topological polar surface area (TPSA) is 168 Å². The van der Waals surface area contributed by atoms with Gasteiger partial charge in [-0.1, -0.05) is 0 Å². The molecule has 7 heterocycles. The quantitative estimate of drug-likeness (QED) is 0.172. The van der Waals surface area contributed by atoms with E-state index in [1.54, 1.807) is 18.5 Å². The fourth-order valence-corrected chi connectivity index (χ4v) is 4.78. The monoisotopic (exact) mass is 476 g/mol. The number of hydrogen-bond acceptors (Lipinski definition) is 4. The van der Waals surface area contributed by atoms with E-state index in [1.165, 1.54) is 56.5 Å². The van der Waals surface area contributed by atoms with Crippen molar-refractivity contribution in [2.45, 2.75) is 37.8 Å². The summed E-state index contributed by atoms with van der Waals surface area (Å²) in [6, 6.07) is 2.74. The van der Waals surface area contributed by atoms with Gasteiger partial charge in [0.05, 0.1) is 18.4 Å². The number of rotatable bonds is 1. The number of halogens is 2. The van der Waals surface area contributed by atoms with Crippen LogP contribution < -0.4 is 58.2 Å². The van der Waals surface area contributed by atoms with Crippen LogP contribution >= 0.6 is 0 Å². The summed E-state index contributed by atoms with van der Waals surface area (Å²) in [5.41, 5.74) is 21.9. The minimum absolute atomic E-state index is 0. The summed E-state index contributed by atoms with van der Waals surface area (Å²) in [5.74, 6) is 2.20. The predicted molar refractivity (Wildman–Crippen MR) is 113 cm³/mol. The first-order chi connectivity index (χ1) is 13.9. The van der Waals surface area contributed by atoms with Gasteiger partial charge in [-0.25, -0.2) is 0 Å². The Bertz CT molecular complexity index is 663. The molecule has 10 nitrogen and oxygen atoms in total. The van der Waals surface area contributed by atoms with Crippen molar-refractivity contribution in [1.82, 2.24) is 19.6 Å². The van der Waals surface area contributed by atoms with E-state index in [9.17, 15) is 0 Å². The van der Waals surface area contributed by atoms with E-state index in [1.807, 2.05) is 0 Å². The van der Waals surface area contributed by atoms with Crippen LogP contribution in [0.25, 0.3) is 0 Å². The van der Waals surface area contributed by atoms with Gasteiger partial charge in [0.1, 0.15) is 0 Å². The smallest absolute Gasteiger partial charge is 0.369 e. The molecule has 0 unspecified atom stereocenters. The van der Waals surface area contributed by atoms with Crippen LogP contribution in [-0.2, 0) is 0 Å². The van der Waals surface area contributed by atoms with Gasteiger partial charge in [0, 0.05) is 19.1 Å². The van der Waals surface area contributed by atoms with Gasteiger partial charge in [0.15, 0.2) is 0 Å². The molecule has 0 spiro atoms. The Balaban J connectivity index is 0.000000230. The van der Waals surface area contributed by atoms with Gasteiger partial charge in [-0.15, -0.1) is 9.78 Å². The highest BCUT2D eigenvalue weighted by Crippen LogP contribution is 2.26. The van der Waals surface area contributed by atoms with Crippen molar-refractivity contribution < 1.29 is 35.2 Å². The van der Waals surface area contributed by atoms with E-state index in [4.69, 9.17) is 28.3 Å². The Morgan fingerprint density at radius 2 is 1.45 bits per heavy atom. The van der Waals surface area contributed by atoms with Crippen LogP contribution in [0.4, 0.5) is 0 Å². The Labute approximate surface area is 197 Å². The maximum absolute atomic E-state index is 5.88. The van der Waals surface area contributed by atoms with Gasteiger partial charge in [-0.3, -0.25) is 32.5 Å². The molecule has 0 aromatic carbocycles. The second-order valence-electron chi connectivity index (χ2n) is 8.52. The lowest BCUT2D eigenvalue weighted by Crippen LogP contribution is -3.00. The molecule has 1 aromatic rings. The molecule has 1 aromatic heterocycles. The fourth-order valence-electron chi connectivity index (χ4n) is 4.78. The zero-order valence-electron chi connectivity index (χ0n) is 18.0. The Kier molecular flexibility index (Phi) is 11.6. The van der Waals surface area contributed by atoms with Crippen LogP contribution in [0, 0.1) is 11.8 Å². The highest BCUT2D eigenvalue weighted by atomic mass is 35.5. The van der Waals surface area contributed by atoms with Gasteiger partial charge >= 0.3 is 11.9 Å². The average Bonchev–Trinajstić information content (AvgIpc) is 3.26. The number of fused-ring (bicyclic) bond motifs is 6. The number of hydrogen-bond donors (Lipinski definition) is 6. The van der Waals surface area contributed by atoms with Crippen LogP contribution in [0.3, 0.4) is 0 Å². The highest BCUT2D eigenvalue weighted by Gasteiger charge is 2.34. The Morgan fingerprint density at radius 3 is 1.71 bits per heavy atom. The molecule has 0 radical (unpaired) electrons. The molecule has 31 heavy (non-hydrogen) atoms. The summed E-state index contributed by atoms with van der Waals surface area (Å²) in [6.07, 6.45) is 8.58. The third-order valence-corrected chi connectivity index (χ3v) is 6.48. The normalized spacial score (nSPS) is 32.0. The van der Waals surface area contributed by atoms with Crippen molar-refractivity contribution in [2.75, 3.05) is 39.3 Å². The Hall–Kier alpha value is -1.59. The summed E-state index contributed by atoms with van der Waals surface area (Å²) < 4.78 is 1.39. The third-order valence-electron chi connectivity index (χ3n) is 6.48. The zero-order valence-corrected chi connectivity index (χ0v) is 19.6. The molecule has 7 rings (SSSR count). The number of nitrogens with two attached hydrogens (primary N) is 5. The van der Waals surface area contributed by atoms with Gasteiger partial charge in [0.25, 0.3) is 0 Å². The molecule has 6 aliphatic heterocycles. The predicted octanol–water partition coefficient (Wildman–Crippen LogP) is -10.7. The standard InChI is InChI=1S/C8H16N4.C7H14N2.C4H6N4.2ClH/c9-8(10)11-7-5-12-3-1-6(7)2-4-12;8-7-5-9-3-1-6(7)2-4-9;5-4(6)8-3-1-2-7-8;;/h6-7H,1-5H2,(H4,9,10,11);6-7H,1-5,8H2;1-3H,(H3,5,6);2*1H/t2*7-;;;/m00.../s1. The molecular formula is C19H38Cl2N10. The van der Waals surface area contributed by atoms with Crippen LogP contribution in [0.1, 0.15) is 25.7 Å². The number of nitrogens with zero attached hydrogens (tertiary/aromatic N) is 4. The number of piperidine rings is 6. The lowest BCUT2D eigenvalue weighted by molar-refractivity contribution is -0.524. The summed E-state index contributed by atoms with van der Waals surface area (Å²) in [5, 5.41) is 8.90. The molecule has 6 aliphatic rings. The second kappa shape index (κ2) is 13.1. The van der Waals surface area contributed by atoms with Gasteiger partial charge in [-0.05, 0) is 69.8 Å². The van der Waals surface area contributed by atoms with Gasteiger partial charge < -0.3 is 35.4 Å². The lowest BCUT2D eigenvalue weighted by atomic mass is 9.84. The molecule has 11 N–H and O–H groups in total. The number of guanidine groups is 1. The van der Waals surface area contributed by atoms with E-state index in [0.717, 1.165) is 24.9 Å². The minimum Gasteiger partial charge on any atom is -1.00 e. The van der Waals surface area contributed by atoms with Crippen molar-refractivity contribution >= 4 is 11.9 Å². The number of aromatic nitrogens is 2. The molecule has 0 amide bonds.